The third-order valence-electron chi connectivity index (χ3n) is 5.51. The van der Waals surface area contributed by atoms with Crippen molar-refractivity contribution in [3.8, 4) is 0 Å². The number of ether oxygens (including phenoxy) is 1. The molecule has 2 heterocycles. The maximum atomic E-state index is 12.5. The number of rotatable bonds is 5. The summed E-state index contributed by atoms with van der Waals surface area (Å²) >= 11 is 0. The summed E-state index contributed by atoms with van der Waals surface area (Å²) in [4.78, 5) is 17.2. The van der Waals surface area contributed by atoms with Gasteiger partial charge in [-0.05, 0) is 26.2 Å². The molecule has 3 aliphatic rings. The van der Waals surface area contributed by atoms with Gasteiger partial charge in [0.05, 0.1) is 12.5 Å². The summed E-state index contributed by atoms with van der Waals surface area (Å²) in [7, 11) is 0. The smallest absolute Gasteiger partial charge is 0.228 e. The number of carbonyl (C=O) groups excluding carboxylic acids is 1. The first-order chi connectivity index (χ1) is 10.3. The zero-order valence-corrected chi connectivity index (χ0v) is 13.4. The average Bonchev–Trinajstić information content (AvgIpc) is 2.93. The summed E-state index contributed by atoms with van der Waals surface area (Å²) in [5, 5.41) is 0. The molecule has 0 aromatic carbocycles. The summed E-state index contributed by atoms with van der Waals surface area (Å²) in [5.41, 5.74) is 0. The van der Waals surface area contributed by atoms with E-state index in [0.717, 1.165) is 51.9 Å². The van der Waals surface area contributed by atoms with E-state index in [4.69, 9.17) is 4.74 Å². The fraction of sp³-hybridized carbons (Fsp3) is 0.941. The molecule has 0 radical (unpaired) electrons. The van der Waals surface area contributed by atoms with Crippen molar-refractivity contribution in [2.75, 3.05) is 39.4 Å². The van der Waals surface area contributed by atoms with Crippen LogP contribution in [0.15, 0.2) is 0 Å². The van der Waals surface area contributed by atoms with E-state index in [-0.39, 0.29) is 5.92 Å². The van der Waals surface area contributed by atoms with Crippen molar-refractivity contribution >= 4 is 5.91 Å². The normalized spacial score (nSPS) is 28.8. The zero-order valence-electron chi connectivity index (χ0n) is 13.4. The lowest BCUT2D eigenvalue weighted by atomic mass is 9.88. The second-order valence-corrected chi connectivity index (χ2v) is 7.04. The molecule has 3 fully saturated rings. The van der Waals surface area contributed by atoms with E-state index >= 15 is 0 Å². The van der Waals surface area contributed by atoms with Crippen LogP contribution >= 0.6 is 0 Å². The van der Waals surface area contributed by atoms with Gasteiger partial charge >= 0.3 is 0 Å². The van der Waals surface area contributed by atoms with Crippen LogP contribution in [0.3, 0.4) is 0 Å². The Hall–Kier alpha value is -0.610. The van der Waals surface area contributed by atoms with Gasteiger partial charge < -0.3 is 9.64 Å². The first-order valence-corrected chi connectivity index (χ1v) is 8.88. The lowest BCUT2D eigenvalue weighted by molar-refractivity contribution is -0.141. The Labute approximate surface area is 128 Å². The van der Waals surface area contributed by atoms with Crippen LogP contribution in [0.1, 0.15) is 45.4 Å². The van der Waals surface area contributed by atoms with E-state index in [1.165, 1.54) is 32.1 Å². The molecule has 1 aliphatic carbocycles. The first kappa shape index (κ1) is 15.3. The second kappa shape index (κ2) is 7.10. The molecule has 21 heavy (non-hydrogen) atoms. The van der Waals surface area contributed by atoms with Crippen molar-refractivity contribution in [1.82, 2.24) is 9.80 Å². The molecular weight excluding hydrogens is 264 g/mol. The third-order valence-corrected chi connectivity index (χ3v) is 5.51. The van der Waals surface area contributed by atoms with Gasteiger partial charge in [-0.1, -0.05) is 19.3 Å². The molecule has 1 saturated carbocycles. The Kier molecular flexibility index (Phi) is 5.17. The summed E-state index contributed by atoms with van der Waals surface area (Å²) < 4.78 is 5.50. The standard InChI is InChI=1S/C17H30N2O2/c1-2-21-13-14-8-9-18(10-14)17(20)15-11-19(12-15)16-6-4-3-5-7-16/h14-16H,2-13H2,1H3/t14-/m0/s1. The minimum absolute atomic E-state index is 0.276. The molecule has 1 atom stereocenters. The zero-order chi connectivity index (χ0) is 14.7. The Morgan fingerprint density at radius 1 is 1.10 bits per heavy atom. The molecule has 1 amide bonds. The van der Waals surface area contributed by atoms with Crippen LogP contribution < -0.4 is 0 Å². The highest BCUT2D eigenvalue weighted by atomic mass is 16.5. The topological polar surface area (TPSA) is 32.8 Å². The van der Waals surface area contributed by atoms with Gasteiger partial charge in [0, 0.05) is 44.7 Å². The average molecular weight is 294 g/mol. The molecular formula is C17H30N2O2. The van der Waals surface area contributed by atoms with Crippen LogP contribution in [0.5, 0.6) is 0 Å². The molecule has 0 N–H and O–H groups in total. The van der Waals surface area contributed by atoms with E-state index in [9.17, 15) is 4.79 Å². The van der Waals surface area contributed by atoms with Gasteiger partial charge in [0.25, 0.3) is 0 Å². The maximum Gasteiger partial charge on any atom is 0.228 e. The van der Waals surface area contributed by atoms with Crippen LogP contribution in [0.4, 0.5) is 0 Å². The highest BCUT2D eigenvalue weighted by Crippen LogP contribution is 2.30. The van der Waals surface area contributed by atoms with Crippen molar-refractivity contribution in [3.63, 3.8) is 0 Å². The van der Waals surface area contributed by atoms with Gasteiger partial charge in [-0.3, -0.25) is 9.69 Å². The third kappa shape index (κ3) is 3.59. The molecule has 120 valence electrons. The minimum atomic E-state index is 0.276. The summed E-state index contributed by atoms with van der Waals surface area (Å²) in [5.74, 6) is 1.24. The quantitative estimate of drug-likeness (QED) is 0.779. The first-order valence-electron chi connectivity index (χ1n) is 8.88. The van der Waals surface area contributed by atoms with Gasteiger partial charge in [0.15, 0.2) is 0 Å². The predicted octanol–water partition coefficient (Wildman–Crippen LogP) is 2.14. The number of hydrogen-bond acceptors (Lipinski definition) is 3. The Morgan fingerprint density at radius 3 is 2.57 bits per heavy atom. The number of nitrogens with zero attached hydrogens (tertiary/aromatic N) is 2. The molecule has 2 aliphatic heterocycles. The van der Waals surface area contributed by atoms with Crippen molar-refractivity contribution < 1.29 is 9.53 Å². The number of carbonyl (C=O) groups is 1. The van der Waals surface area contributed by atoms with Crippen LogP contribution in [-0.4, -0.2) is 61.1 Å². The van der Waals surface area contributed by atoms with E-state index in [1.807, 2.05) is 6.92 Å². The molecule has 2 saturated heterocycles. The van der Waals surface area contributed by atoms with Crippen LogP contribution in [0.25, 0.3) is 0 Å². The van der Waals surface area contributed by atoms with E-state index < -0.39 is 0 Å². The summed E-state index contributed by atoms with van der Waals surface area (Å²) in [6, 6.07) is 0.770. The number of amides is 1. The second-order valence-electron chi connectivity index (χ2n) is 7.04. The predicted molar refractivity (Wildman–Crippen MR) is 83.1 cm³/mol. The molecule has 0 spiro atoms. The summed E-state index contributed by atoms with van der Waals surface area (Å²) in [6.45, 7) is 7.51. The van der Waals surface area contributed by atoms with Crippen molar-refractivity contribution in [1.29, 1.82) is 0 Å². The van der Waals surface area contributed by atoms with Crippen LogP contribution in [0.2, 0.25) is 0 Å². The van der Waals surface area contributed by atoms with Crippen molar-refractivity contribution in [2.45, 2.75) is 51.5 Å². The Bertz CT molecular complexity index is 349. The lowest BCUT2D eigenvalue weighted by Gasteiger charge is -2.45. The van der Waals surface area contributed by atoms with Crippen molar-refractivity contribution in [3.05, 3.63) is 0 Å². The number of likely N-dealkylation sites (tertiary alicyclic amines) is 2. The van der Waals surface area contributed by atoms with E-state index in [0.29, 0.717) is 11.8 Å². The molecule has 0 unspecified atom stereocenters. The van der Waals surface area contributed by atoms with Crippen molar-refractivity contribution in [2.24, 2.45) is 11.8 Å². The highest BCUT2D eigenvalue weighted by molar-refractivity contribution is 5.80. The Balaban J connectivity index is 1.39. The van der Waals surface area contributed by atoms with Gasteiger partial charge in [-0.2, -0.15) is 0 Å². The lowest BCUT2D eigenvalue weighted by Crippen LogP contribution is -2.57. The molecule has 0 aromatic rings. The fourth-order valence-electron chi connectivity index (χ4n) is 4.12. The van der Waals surface area contributed by atoms with Gasteiger partial charge in [-0.25, -0.2) is 0 Å². The SMILES string of the molecule is CCOC[C@H]1CCN(C(=O)C2CN(C3CCCCC3)C2)C1. The largest absolute Gasteiger partial charge is 0.381 e. The summed E-state index contributed by atoms with van der Waals surface area (Å²) in [6.07, 6.45) is 7.98. The Morgan fingerprint density at radius 2 is 1.86 bits per heavy atom. The molecule has 0 bridgehead atoms. The van der Waals surface area contributed by atoms with Crippen LogP contribution in [-0.2, 0) is 9.53 Å². The molecule has 4 nitrogen and oxygen atoms in total. The van der Waals surface area contributed by atoms with Gasteiger partial charge in [0.1, 0.15) is 0 Å². The number of hydrogen-bond donors (Lipinski definition) is 0. The van der Waals surface area contributed by atoms with E-state index in [2.05, 4.69) is 9.80 Å². The van der Waals surface area contributed by atoms with Gasteiger partial charge in [0.2, 0.25) is 5.91 Å². The minimum Gasteiger partial charge on any atom is -0.381 e. The molecule has 0 aromatic heterocycles. The maximum absolute atomic E-state index is 12.5. The highest BCUT2D eigenvalue weighted by Gasteiger charge is 2.40. The van der Waals surface area contributed by atoms with E-state index in [1.54, 1.807) is 0 Å². The van der Waals surface area contributed by atoms with Gasteiger partial charge in [-0.15, -0.1) is 0 Å². The monoisotopic (exact) mass is 294 g/mol. The van der Waals surface area contributed by atoms with Crippen LogP contribution in [0, 0.1) is 11.8 Å². The fourth-order valence-corrected chi connectivity index (χ4v) is 4.12. The molecule has 3 rings (SSSR count). The molecule has 4 heteroatoms.